The van der Waals surface area contributed by atoms with E-state index >= 15 is 0 Å². The van der Waals surface area contributed by atoms with Crippen LogP contribution in [0, 0.1) is 18.8 Å². The van der Waals surface area contributed by atoms with Crippen molar-refractivity contribution in [2.75, 3.05) is 10.6 Å². The highest BCUT2D eigenvalue weighted by Crippen LogP contribution is 2.36. The second-order valence-electron chi connectivity index (χ2n) is 7.14. The van der Waals surface area contributed by atoms with Gasteiger partial charge >= 0.3 is 5.97 Å². The molecule has 2 aromatic rings. The molecule has 0 aliphatic heterocycles. The van der Waals surface area contributed by atoms with Crippen LogP contribution in [0.25, 0.3) is 0 Å². The number of aliphatic carboxylic acids is 1. The molecule has 0 saturated heterocycles. The Balaban J connectivity index is 1.87. The number of carboxylic acid groups (broad SMARTS) is 1. The number of aryl methyl sites for hydroxylation is 1. The molecule has 158 valence electrons. The molecule has 3 N–H and O–H groups in total. The molecule has 0 saturated carbocycles. The van der Waals surface area contributed by atoms with E-state index < -0.39 is 17.8 Å². The van der Waals surface area contributed by atoms with E-state index in [0.29, 0.717) is 40.5 Å². The summed E-state index contributed by atoms with van der Waals surface area (Å²) in [6.07, 6.45) is 4.93. The quantitative estimate of drug-likeness (QED) is 0.536. The predicted molar refractivity (Wildman–Crippen MR) is 119 cm³/mol. The summed E-state index contributed by atoms with van der Waals surface area (Å²) in [7, 11) is 0. The van der Waals surface area contributed by atoms with E-state index in [2.05, 4.69) is 10.6 Å². The van der Waals surface area contributed by atoms with Gasteiger partial charge in [0, 0.05) is 15.6 Å². The van der Waals surface area contributed by atoms with E-state index in [9.17, 15) is 19.5 Å². The molecule has 1 aliphatic carbocycles. The van der Waals surface area contributed by atoms with Gasteiger partial charge in [0.1, 0.15) is 5.00 Å². The predicted octanol–water partition coefficient (Wildman–Crippen LogP) is 5.13. The van der Waals surface area contributed by atoms with Crippen LogP contribution >= 0.6 is 22.9 Å². The van der Waals surface area contributed by atoms with Gasteiger partial charge in [-0.2, -0.15) is 0 Å². The van der Waals surface area contributed by atoms with Crippen molar-refractivity contribution in [3.8, 4) is 0 Å². The number of carbonyl (C=O) groups is 3. The molecule has 0 bridgehead atoms. The molecule has 6 nitrogen and oxygen atoms in total. The van der Waals surface area contributed by atoms with E-state index in [-0.39, 0.29) is 11.8 Å². The lowest BCUT2D eigenvalue weighted by Gasteiger charge is -2.24. The lowest BCUT2D eigenvalue weighted by molar-refractivity contribution is -0.146. The largest absolute Gasteiger partial charge is 0.481 e. The Bertz CT molecular complexity index is 997. The van der Waals surface area contributed by atoms with Crippen LogP contribution in [0.4, 0.5) is 10.7 Å². The minimum Gasteiger partial charge on any atom is -0.481 e. The van der Waals surface area contributed by atoms with Gasteiger partial charge in [0.2, 0.25) is 5.91 Å². The van der Waals surface area contributed by atoms with Crippen molar-refractivity contribution < 1.29 is 19.5 Å². The molecule has 1 aromatic heterocycles. The summed E-state index contributed by atoms with van der Waals surface area (Å²) < 4.78 is 0. The van der Waals surface area contributed by atoms with Crippen molar-refractivity contribution in [3.63, 3.8) is 0 Å². The molecule has 0 fully saturated rings. The Kier molecular flexibility index (Phi) is 6.95. The summed E-state index contributed by atoms with van der Waals surface area (Å²) in [5, 5.41) is 16.1. The van der Waals surface area contributed by atoms with Crippen LogP contribution in [-0.2, 0) is 16.0 Å². The number of carbonyl (C=O) groups excluding carboxylic acids is 2. The zero-order valence-corrected chi connectivity index (χ0v) is 18.3. The molecule has 0 radical (unpaired) electrons. The minimum absolute atomic E-state index is 0.320. The molecule has 0 unspecified atom stereocenters. The summed E-state index contributed by atoms with van der Waals surface area (Å²) in [6.45, 7) is 3.85. The van der Waals surface area contributed by atoms with E-state index in [1.54, 1.807) is 30.3 Å². The SMILES string of the molecule is CCc1c(C)sc(NC(=O)[C@@H]2CC=CC[C@@H]2C(=O)O)c1C(=O)Nc1ccc(Cl)cc1. The number of amides is 2. The van der Waals surface area contributed by atoms with Gasteiger partial charge < -0.3 is 15.7 Å². The summed E-state index contributed by atoms with van der Waals surface area (Å²) >= 11 is 7.23. The fourth-order valence-corrected chi connectivity index (χ4v) is 4.91. The zero-order chi connectivity index (χ0) is 21.8. The Hall–Kier alpha value is -2.64. The van der Waals surface area contributed by atoms with Gasteiger partial charge in [-0.05, 0) is 56.0 Å². The van der Waals surface area contributed by atoms with Crippen LogP contribution < -0.4 is 10.6 Å². The molecule has 3 rings (SSSR count). The van der Waals surface area contributed by atoms with Gasteiger partial charge in [-0.25, -0.2) is 0 Å². The molecule has 1 aromatic carbocycles. The molecular formula is C22H23ClN2O4S. The maximum Gasteiger partial charge on any atom is 0.307 e. The highest BCUT2D eigenvalue weighted by Gasteiger charge is 2.35. The fraction of sp³-hybridized carbons (Fsp3) is 0.318. The Morgan fingerprint density at radius 1 is 1.10 bits per heavy atom. The first-order valence-corrected chi connectivity index (χ1v) is 10.9. The van der Waals surface area contributed by atoms with Crippen molar-refractivity contribution >= 4 is 51.4 Å². The van der Waals surface area contributed by atoms with Crippen molar-refractivity contribution in [3.05, 3.63) is 57.4 Å². The fourth-order valence-electron chi connectivity index (χ4n) is 3.64. The number of carboxylic acids is 1. The van der Waals surface area contributed by atoms with Crippen molar-refractivity contribution in [1.82, 2.24) is 0 Å². The smallest absolute Gasteiger partial charge is 0.307 e. The Morgan fingerprint density at radius 3 is 2.33 bits per heavy atom. The number of nitrogens with one attached hydrogen (secondary N) is 2. The number of halogens is 1. The summed E-state index contributed by atoms with van der Waals surface area (Å²) in [4.78, 5) is 38.4. The second kappa shape index (κ2) is 9.45. The molecule has 30 heavy (non-hydrogen) atoms. The molecule has 1 heterocycles. The third-order valence-corrected chi connectivity index (χ3v) is 6.53. The van der Waals surface area contributed by atoms with Crippen LogP contribution in [0.5, 0.6) is 0 Å². The topological polar surface area (TPSA) is 95.5 Å². The van der Waals surface area contributed by atoms with Gasteiger partial charge in [0.05, 0.1) is 17.4 Å². The monoisotopic (exact) mass is 446 g/mol. The second-order valence-corrected chi connectivity index (χ2v) is 8.80. The summed E-state index contributed by atoms with van der Waals surface area (Å²) in [5.41, 5.74) is 1.87. The van der Waals surface area contributed by atoms with Gasteiger partial charge in [0.25, 0.3) is 5.91 Å². The van der Waals surface area contributed by atoms with Crippen LogP contribution in [-0.4, -0.2) is 22.9 Å². The van der Waals surface area contributed by atoms with Crippen LogP contribution in [0.2, 0.25) is 5.02 Å². The average molecular weight is 447 g/mol. The number of hydrogen-bond acceptors (Lipinski definition) is 4. The maximum atomic E-state index is 13.0. The number of thiophene rings is 1. The van der Waals surface area contributed by atoms with E-state index in [1.165, 1.54) is 11.3 Å². The minimum atomic E-state index is -0.989. The van der Waals surface area contributed by atoms with E-state index in [4.69, 9.17) is 11.6 Å². The summed E-state index contributed by atoms with van der Waals surface area (Å²) in [5.74, 6) is -3.14. The van der Waals surface area contributed by atoms with Gasteiger partial charge in [-0.3, -0.25) is 14.4 Å². The molecule has 1 aliphatic rings. The van der Waals surface area contributed by atoms with Crippen LogP contribution in [0.15, 0.2) is 36.4 Å². The molecule has 8 heteroatoms. The van der Waals surface area contributed by atoms with Crippen molar-refractivity contribution in [2.45, 2.75) is 33.1 Å². The van der Waals surface area contributed by atoms with Crippen LogP contribution in [0.3, 0.4) is 0 Å². The van der Waals surface area contributed by atoms with Gasteiger partial charge in [-0.1, -0.05) is 30.7 Å². The number of anilines is 2. The average Bonchev–Trinajstić information content (AvgIpc) is 3.04. The Morgan fingerprint density at radius 2 is 1.73 bits per heavy atom. The molecular weight excluding hydrogens is 424 g/mol. The highest BCUT2D eigenvalue weighted by molar-refractivity contribution is 7.16. The number of rotatable bonds is 6. The molecule has 2 atom stereocenters. The van der Waals surface area contributed by atoms with Crippen molar-refractivity contribution in [2.24, 2.45) is 11.8 Å². The highest BCUT2D eigenvalue weighted by atomic mass is 35.5. The lowest BCUT2D eigenvalue weighted by atomic mass is 9.82. The number of hydrogen-bond donors (Lipinski definition) is 3. The van der Waals surface area contributed by atoms with E-state index in [0.717, 1.165) is 10.4 Å². The van der Waals surface area contributed by atoms with E-state index in [1.807, 2.05) is 19.9 Å². The lowest BCUT2D eigenvalue weighted by Crippen LogP contribution is -2.35. The third kappa shape index (κ3) is 4.74. The van der Waals surface area contributed by atoms with Crippen LogP contribution in [0.1, 0.15) is 40.6 Å². The van der Waals surface area contributed by atoms with Crippen molar-refractivity contribution in [1.29, 1.82) is 0 Å². The first-order valence-electron chi connectivity index (χ1n) is 9.69. The first kappa shape index (κ1) is 22.1. The van der Waals surface area contributed by atoms with Gasteiger partial charge in [0.15, 0.2) is 0 Å². The standard InChI is InChI=1S/C22H23ClN2O4S/c1-3-15-12(2)30-21(18(15)20(27)24-14-10-8-13(23)9-11-14)25-19(26)16-6-4-5-7-17(16)22(28)29/h4-5,8-11,16-17H,3,6-7H2,1-2H3,(H,24,27)(H,25,26)(H,28,29)/t16-,17+/m1/s1. The third-order valence-electron chi connectivity index (χ3n) is 5.21. The molecule has 2 amide bonds. The number of allylic oxidation sites excluding steroid dienone is 2. The normalized spacial score (nSPS) is 18.1. The van der Waals surface area contributed by atoms with Gasteiger partial charge in [-0.15, -0.1) is 11.3 Å². The first-order chi connectivity index (χ1) is 14.3. The summed E-state index contributed by atoms with van der Waals surface area (Å²) in [6, 6.07) is 6.77. The molecule has 0 spiro atoms. The zero-order valence-electron chi connectivity index (χ0n) is 16.7. The Labute approximate surface area is 183 Å². The maximum absolute atomic E-state index is 13.0. The number of benzene rings is 1.